The number of hydrogen-bond acceptors (Lipinski definition) is 7. The summed E-state index contributed by atoms with van der Waals surface area (Å²) in [7, 11) is 0. The number of nitrogens with one attached hydrogen (secondary N) is 1. The normalized spacial score (nSPS) is 18.6. The fourth-order valence-corrected chi connectivity index (χ4v) is 5.25. The molecule has 0 bridgehead atoms. The number of thiophene rings is 1. The van der Waals surface area contributed by atoms with Gasteiger partial charge in [-0.15, -0.1) is 11.3 Å². The zero-order chi connectivity index (χ0) is 22.8. The van der Waals surface area contributed by atoms with Gasteiger partial charge in [0, 0.05) is 15.6 Å². The molecule has 1 aliphatic carbocycles. The van der Waals surface area contributed by atoms with Crippen LogP contribution in [-0.4, -0.2) is 36.6 Å². The maximum absolute atomic E-state index is 13.0. The lowest BCUT2D eigenvalue weighted by Crippen LogP contribution is -2.58. The molecule has 0 unspecified atom stereocenters. The zero-order valence-electron chi connectivity index (χ0n) is 17.2. The molecule has 0 saturated carbocycles. The first kappa shape index (κ1) is 22.3. The molecule has 2 aliphatic rings. The Balaban J connectivity index is 1.66. The van der Waals surface area contributed by atoms with E-state index in [1.807, 2.05) is 0 Å². The minimum Gasteiger partial charge on any atom is -0.462 e. The predicted molar refractivity (Wildman–Crippen MR) is 124 cm³/mol. The lowest BCUT2D eigenvalue weighted by molar-refractivity contribution is -0.131. The third kappa shape index (κ3) is 4.24. The summed E-state index contributed by atoms with van der Waals surface area (Å²) < 4.78 is 6.00. The molecule has 1 atom stereocenters. The number of halogens is 1. The number of hydrogen-bond donors (Lipinski definition) is 1. The zero-order valence-corrected chi connectivity index (χ0v) is 19.6. The third-order valence-electron chi connectivity index (χ3n) is 5.26. The van der Waals surface area contributed by atoms with Crippen LogP contribution in [0.2, 0.25) is 0 Å². The second kappa shape index (κ2) is 9.33. The maximum Gasteiger partial charge on any atom is 0.341 e. The summed E-state index contributed by atoms with van der Waals surface area (Å²) in [6, 6.07) is 5.76. The van der Waals surface area contributed by atoms with Gasteiger partial charge in [-0.05, 0) is 62.4 Å². The van der Waals surface area contributed by atoms with Crippen LogP contribution in [0, 0.1) is 5.92 Å². The van der Waals surface area contributed by atoms with E-state index in [0.717, 1.165) is 45.5 Å². The lowest BCUT2D eigenvalue weighted by atomic mass is 9.95. The number of anilines is 1. The summed E-state index contributed by atoms with van der Waals surface area (Å²) in [6.45, 7) is 1.97. The van der Waals surface area contributed by atoms with Crippen LogP contribution < -0.4 is 10.2 Å². The van der Waals surface area contributed by atoms with Gasteiger partial charge in [0.1, 0.15) is 5.00 Å². The molecule has 32 heavy (non-hydrogen) atoms. The largest absolute Gasteiger partial charge is 0.462 e. The molecule has 166 valence electrons. The van der Waals surface area contributed by atoms with Crippen LogP contribution in [0.3, 0.4) is 0 Å². The number of carbonyl (C=O) groups is 4. The van der Waals surface area contributed by atoms with Crippen LogP contribution in [0.25, 0.3) is 0 Å². The number of esters is 1. The molecular formula is C22H20BrN3O5S. The van der Waals surface area contributed by atoms with Crippen molar-refractivity contribution in [1.29, 1.82) is 0 Å². The van der Waals surface area contributed by atoms with Gasteiger partial charge < -0.3 is 4.74 Å². The van der Waals surface area contributed by atoms with E-state index in [4.69, 9.17) is 4.74 Å². The number of ether oxygens (including phenoxy) is 1. The summed E-state index contributed by atoms with van der Waals surface area (Å²) in [5.74, 6) is -3.21. The number of carbonyl (C=O) groups excluding carboxylic acids is 4. The Morgan fingerprint density at radius 3 is 2.69 bits per heavy atom. The second-order valence-corrected chi connectivity index (χ2v) is 9.31. The van der Waals surface area contributed by atoms with Crippen LogP contribution in [0.15, 0.2) is 33.7 Å². The molecule has 10 heteroatoms. The van der Waals surface area contributed by atoms with E-state index in [9.17, 15) is 19.2 Å². The van der Waals surface area contributed by atoms with Crippen LogP contribution >= 0.6 is 27.3 Å². The van der Waals surface area contributed by atoms with Gasteiger partial charge in [0.2, 0.25) is 5.91 Å². The average molecular weight is 518 g/mol. The van der Waals surface area contributed by atoms with E-state index in [-0.39, 0.29) is 6.61 Å². The fraction of sp³-hybridized carbons (Fsp3) is 0.318. The van der Waals surface area contributed by atoms with Gasteiger partial charge in [-0.25, -0.2) is 19.5 Å². The number of benzene rings is 1. The van der Waals surface area contributed by atoms with Crippen molar-refractivity contribution < 1.29 is 23.9 Å². The Morgan fingerprint density at radius 2 is 1.97 bits per heavy atom. The summed E-state index contributed by atoms with van der Waals surface area (Å²) >= 11 is 4.69. The monoisotopic (exact) mass is 517 g/mol. The second-order valence-electron chi connectivity index (χ2n) is 7.31. The van der Waals surface area contributed by atoms with Crippen molar-refractivity contribution in [2.24, 2.45) is 10.9 Å². The quantitative estimate of drug-likeness (QED) is 0.364. The van der Waals surface area contributed by atoms with E-state index in [1.54, 1.807) is 31.2 Å². The number of barbiturate groups is 1. The first-order valence-electron chi connectivity index (χ1n) is 10.2. The molecule has 4 rings (SSSR count). The van der Waals surface area contributed by atoms with Crippen molar-refractivity contribution in [3.05, 3.63) is 44.7 Å². The molecule has 0 radical (unpaired) electrons. The lowest BCUT2D eigenvalue weighted by Gasteiger charge is -2.28. The highest BCUT2D eigenvalue weighted by Crippen LogP contribution is 2.40. The SMILES string of the molecule is CCOC(=O)c1c(N=C[C@@H]2C(=O)NC(=O)N(c3ccc(Br)cc3)C2=O)sc2c1CCCC2. The Morgan fingerprint density at radius 1 is 1.25 bits per heavy atom. The number of amides is 4. The molecule has 0 spiro atoms. The summed E-state index contributed by atoms with van der Waals surface area (Å²) in [5, 5.41) is 2.62. The molecule has 1 saturated heterocycles. The average Bonchev–Trinajstić information content (AvgIpc) is 3.13. The Bertz CT molecular complexity index is 1130. The number of aliphatic imine (C=N–C) groups is 1. The molecule has 2 aromatic rings. The van der Waals surface area contributed by atoms with Crippen LogP contribution in [0.5, 0.6) is 0 Å². The third-order valence-corrected chi connectivity index (χ3v) is 6.99. The van der Waals surface area contributed by atoms with Crippen LogP contribution in [0.4, 0.5) is 15.5 Å². The highest BCUT2D eigenvalue weighted by Gasteiger charge is 2.40. The molecule has 1 aromatic heterocycles. The Kier molecular flexibility index (Phi) is 6.52. The summed E-state index contributed by atoms with van der Waals surface area (Å²) in [5.41, 5.74) is 1.69. The van der Waals surface area contributed by atoms with Gasteiger partial charge in [-0.2, -0.15) is 0 Å². The highest BCUT2D eigenvalue weighted by molar-refractivity contribution is 9.10. The van der Waals surface area contributed by atoms with Gasteiger partial charge in [0.15, 0.2) is 5.92 Å². The van der Waals surface area contributed by atoms with Crippen molar-refractivity contribution >= 4 is 68.0 Å². The minimum absolute atomic E-state index is 0.236. The van der Waals surface area contributed by atoms with Crippen molar-refractivity contribution in [1.82, 2.24) is 5.32 Å². The van der Waals surface area contributed by atoms with Crippen LogP contribution in [-0.2, 0) is 27.2 Å². The van der Waals surface area contributed by atoms with Gasteiger partial charge in [-0.1, -0.05) is 15.9 Å². The number of urea groups is 1. The molecule has 8 nitrogen and oxygen atoms in total. The number of fused-ring (bicyclic) bond motifs is 1. The number of aryl methyl sites for hydroxylation is 1. The first-order valence-corrected chi connectivity index (χ1v) is 11.8. The summed E-state index contributed by atoms with van der Waals surface area (Å²) in [4.78, 5) is 56.7. The molecule has 1 N–H and O–H groups in total. The molecule has 4 amide bonds. The number of rotatable bonds is 5. The van der Waals surface area contributed by atoms with Gasteiger partial charge >= 0.3 is 12.0 Å². The van der Waals surface area contributed by atoms with Gasteiger partial charge in [0.25, 0.3) is 5.91 Å². The number of imide groups is 2. The van der Waals surface area contributed by atoms with Gasteiger partial charge in [-0.3, -0.25) is 14.9 Å². The summed E-state index contributed by atoms with van der Waals surface area (Å²) in [6.07, 6.45) is 4.84. The van der Waals surface area contributed by atoms with E-state index in [0.29, 0.717) is 16.3 Å². The highest BCUT2D eigenvalue weighted by atomic mass is 79.9. The fourth-order valence-electron chi connectivity index (χ4n) is 3.75. The number of nitrogens with zero attached hydrogens (tertiary/aromatic N) is 2. The molecule has 1 aromatic carbocycles. The van der Waals surface area contributed by atoms with Gasteiger partial charge in [0.05, 0.1) is 17.9 Å². The van der Waals surface area contributed by atoms with E-state index in [1.165, 1.54) is 17.6 Å². The smallest absolute Gasteiger partial charge is 0.341 e. The topological polar surface area (TPSA) is 105 Å². The van der Waals surface area contributed by atoms with Crippen molar-refractivity contribution in [2.75, 3.05) is 11.5 Å². The van der Waals surface area contributed by atoms with Crippen LogP contribution in [0.1, 0.15) is 40.6 Å². The Labute approximate surface area is 196 Å². The van der Waals surface area contributed by atoms with E-state index in [2.05, 4.69) is 26.2 Å². The Hall–Kier alpha value is -2.85. The van der Waals surface area contributed by atoms with Crippen molar-refractivity contribution in [3.63, 3.8) is 0 Å². The molecule has 1 aliphatic heterocycles. The molecule has 2 heterocycles. The first-order chi connectivity index (χ1) is 15.4. The van der Waals surface area contributed by atoms with E-state index < -0.39 is 29.7 Å². The van der Waals surface area contributed by atoms with Crippen molar-refractivity contribution in [2.45, 2.75) is 32.6 Å². The standard InChI is InChI=1S/C22H20BrN3O5S/c1-2-31-21(29)17-14-5-3-4-6-16(14)32-19(17)24-11-15-18(27)25-22(30)26(20(15)28)13-9-7-12(23)8-10-13/h7-11,15H,2-6H2,1H3,(H,25,27,30)/t15-/m1/s1. The maximum atomic E-state index is 13.0. The minimum atomic E-state index is -1.30. The van der Waals surface area contributed by atoms with Crippen molar-refractivity contribution in [3.8, 4) is 0 Å². The predicted octanol–water partition coefficient (Wildman–Crippen LogP) is 4.17. The molecule has 1 fully saturated rings. The van der Waals surface area contributed by atoms with E-state index >= 15 is 0 Å². The molecular weight excluding hydrogens is 498 g/mol.